The van der Waals surface area contributed by atoms with Crippen LogP contribution in [0, 0.1) is 5.92 Å². The van der Waals surface area contributed by atoms with Crippen LogP contribution in [0.15, 0.2) is 35.5 Å². The van der Waals surface area contributed by atoms with Gasteiger partial charge in [-0.05, 0) is 29.1 Å². The third kappa shape index (κ3) is 5.64. The first-order valence-electron chi connectivity index (χ1n) is 5.62. The van der Waals surface area contributed by atoms with E-state index in [1.165, 1.54) is 0 Å². The van der Waals surface area contributed by atoms with Crippen LogP contribution in [0.1, 0.15) is 19.4 Å². The van der Waals surface area contributed by atoms with E-state index in [1.54, 1.807) is 0 Å². The first kappa shape index (κ1) is 13.1. The number of azide groups is 1. The Morgan fingerprint density at radius 2 is 2.06 bits per heavy atom. The van der Waals surface area contributed by atoms with Crippen molar-refractivity contribution in [2.45, 2.75) is 13.8 Å². The number of hydrogen-bond acceptors (Lipinski definition) is 2. The summed E-state index contributed by atoms with van der Waals surface area (Å²) in [5.41, 5.74) is 9.18. The lowest BCUT2D eigenvalue weighted by Gasteiger charge is -2.08. The Balaban J connectivity index is 2.49. The van der Waals surface area contributed by atoms with E-state index in [-0.39, 0.29) is 0 Å². The zero-order chi connectivity index (χ0) is 12.5. The molecule has 0 aromatic heterocycles. The summed E-state index contributed by atoms with van der Waals surface area (Å²) in [5.74, 6) is 1.41. The molecule has 90 valence electrons. The summed E-state index contributed by atoms with van der Waals surface area (Å²) in [4.78, 5) is 2.68. The van der Waals surface area contributed by atoms with Crippen LogP contribution >= 0.6 is 0 Å². The minimum absolute atomic E-state index is 0.377. The van der Waals surface area contributed by atoms with Crippen molar-refractivity contribution in [1.82, 2.24) is 0 Å². The number of ether oxygens (including phenoxy) is 1. The average molecular weight is 231 g/mol. The van der Waals surface area contributed by atoms with E-state index >= 15 is 0 Å². The van der Waals surface area contributed by atoms with E-state index in [0.717, 1.165) is 17.9 Å². The molecule has 0 saturated heterocycles. The van der Waals surface area contributed by atoms with Gasteiger partial charge in [-0.25, -0.2) is 0 Å². The molecule has 0 N–H and O–H groups in total. The smallest absolute Gasteiger partial charge is 0.119 e. The van der Waals surface area contributed by atoms with Crippen molar-refractivity contribution in [3.63, 3.8) is 0 Å². The van der Waals surface area contributed by atoms with Crippen LogP contribution in [0.2, 0.25) is 0 Å². The van der Waals surface area contributed by atoms with E-state index in [2.05, 4.69) is 23.9 Å². The molecule has 0 amide bonds. The van der Waals surface area contributed by atoms with Gasteiger partial charge < -0.3 is 4.74 Å². The van der Waals surface area contributed by atoms with Crippen LogP contribution < -0.4 is 4.74 Å². The summed E-state index contributed by atoms with van der Waals surface area (Å²) in [6, 6.07) is 7.83. The van der Waals surface area contributed by atoms with Gasteiger partial charge in [-0.15, -0.1) is 0 Å². The highest BCUT2D eigenvalue weighted by molar-refractivity contribution is 5.50. The van der Waals surface area contributed by atoms with Crippen LogP contribution in [-0.2, 0) is 0 Å². The molecule has 0 bridgehead atoms. The van der Waals surface area contributed by atoms with Crippen LogP contribution in [0.5, 0.6) is 5.75 Å². The van der Waals surface area contributed by atoms with Gasteiger partial charge in [0.05, 0.1) is 6.61 Å². The number of nitrogens with zero attached hydrogens (tertiary/aromatic N) is 3. The van der Waals surface area contributed by atoms with Crippen LogP contribution in [0.25, 0.3) is 16.5 Å². The van der Waals surface area contributed by atoms with E-state index in [0.29, 0.717) is 12.5 Å². The number of rotatable bonds is 6. The molecule has 0 aliphatic rings. The zero-order valence-electron chi connectivity index (χ0n) is 10.2. The van der Waals surface area contributed by atoms with Gasteiger partial charge in [-0.2, -0.15) is 0 Å². The summed E-state index contributed by atoms with van der Waals surface area (Å²) in [5, 5.41) is 3.42. The van der Waals surface area contributed by atoms with Crippen LogP contribution in [0.4, 0.5) is 0 Å². The fourth-order valence-electron chi connectivity index (χ4n) is 1.21. The second-order valence-corrected chi connectivity index (χ2v) is 4.09. The van der Waals surface area contributed by atoms with Crippen molar-refractivity contribution < 1.29 is 4.74 Å². The van der Waals surface area contributed by atoms with E-state index < -0.39 is 0 Å². The van der Waals surface area contributed by atoms with Gasteiger partial charge in [-0.1, -0.05) is 43.2 Å². The summed E-state index contributed by atoms with van der Waals surface area (Å²) >= 11 is 0. The molecule has 0 aliphatic carbocycles. The molecule has 1 rings (SSSR count). The lowest BCUT2D eigenvalue weighted by molar-refractivity contribution is 0.271. The Morgan fingerprint density at radius 3 is 2.65 bits per heavy atom. The molecule has 4 nitrogen and oxygen atoms in total. The summed E-state index contributed by atoms with van der Waals surface area (Å²) in [6.45, 7) is 5.34. The van der Waals surface area contributed by atoms with E-state index in [1.807, 2.05) is 36.4 Å². The molecule has 0 saturated carbocycles. The highest BCUT2D eigenvalue weighted by Gasteiger charge is 1.96. The summed E-state index contributed by atoms with van der Waals surface area (Å²) < 4.78 is 5.57. The van der Waals surface area contributed by atoms with Gasteiger partial charge in [0.25, 0.3) is 0 Å². The predicted molar refractivity (Wildman–Crippen MR) is 69.8 cm³/mol. The van der Waals surface area contributed by atoms with Crippen molar-refractivity contribution >= 4 is 6.08 Å². The number of hydrogen-bond donors (Lipinski definition) is 0. The fraction of sp³-hybridized carbons (Fsp3) is 0.385. The van der Waals surface area contributed by atoms with Gasteiger partial charge in [0.1, 0.15) is 5.75 Å². The zero-order valence-corrected chi connectivity index (χ0v) is 10.2. The van der Waals surface area contributed by atoms with Gasteiger partial charge in [0.15, 0.2) is 0 Å². The van der Waals surface area contributed by atoms with Gasteiger partial charge in [0, 0.05) is 11.5 Å². The monoisotopic (exact) mass is 231 g/mol. The molecule has 1 aromatic rings. The van der Waals surface area contributed by atoms with Gasteiger partial charge in [-0.3, -0.25) is 0 Å². The molecular formula is C13H17N3O. The van der Waals surface area contributed by atoms with Gasteiger partial charge >= 0.3 is 0 Å². The van der Waals surface area contributed by atoms with Crippen molar-refractivity contribution in [2.24, 2.45) is 11.0 Å². The summed E-state index contributed by atoms with van der Waals surface area (Å²) in [7, 11) is 0. The van der Waals surface area contributed by atoms with Crippen LogP contribution in [-0.4, -0.2) is 13.2 Å². The maximum Gasteiger partial charge on any atom is 0.119 e. The van der Waals surface area contributed by atoms with E-state index in [4.69, 9.17) is 10.3 Å². The Hall–Kier alpha value is -1.93. The third-order valence-electron chi connectivity index (χ3n) is 2.02. The Kier molecular flexibility index (Phi) is 5.69. The minimum Gasteiger partial charge on any atom is -0.493 e. The van der Waals surface area contributed by atoms with Crippen molar-refractivity contribution in [3.05, 3.63) is 46.3 Å². The van der Waals surface area contributed by atoms with E-state index in [9.17, 15) is 0 Å². The maximum atomic E-state index is 8.11. The molecule has 4 heteroatoms. The molecule has 0 heterocycles. The molecule has 0 fully saturated rings. The minimum atomic E-state index is 0.377. The predicted octanol–water partition coefficient (Wildman–Crippen LogP) is 4.04. The highest BCUT2D eigenvalue weighted by Crippen LogP contribution is 2.14. The Labute approximate surface area is 102 Å². The summed E-state index contributed by atoms with van der Waals surface area (Å²) in [6.07, 6.45) is 3.74. The van der Waals surface area contributed by atoms with Crippen molar-refractivity contribution in [1.29, 1.82) is 0 Å². The average Bonchev–Trinajstić information content (AvgIpc) is 2.33. The molecule has 17 heavy (non-hydrogen) atoms. The molecular weight excluding hydrogens is 214 g/mol. The molecule has 0 aliphatic heterocycles. The van der Waals surface area contributed by atoms with Crippen molar-refractivity contribution in [3.8, 4) is 5.75 Å². The van der Waals surface area contributed by atoms with Crippen LogP contribution in [0.3, 0.4) is 0 Å². The quantitative estimate of drug-likeness (QED) is 0.414. The molecule has 0 unspecified atom stereocenters. The maximum absolute atomic E-state index is 8.11. The molecule has 0 atom stereocenters. The molecule has 1 aromatic carbocycles. The first-order valence-corrected chi connectivity index (χ1v) is 5.62. The lowest BCUT2D eigenvalue weighted by atomic mass is 10.2. The largest absolute Gasteiger partial charge is 0.493 e. The highest BCUT2D eigenvalue weighted by atomic mass is 16.5. The Morgan fingerprint density at radius 1 is 1.35 bits per heavy atom. The molecule has 0 radical (unpaired) electrons. The topological polar surface area (TPSA) is 58.0 Å². The normalized spacial score (nSPS) is 10.5. The first-order chi connectivity index (χ1) is 8.22. The second-order valence-electron chi connectivity index (χ2n) is 4.09. The van der Waals surface area contributed by atoms with Gasteiger partial charge in [0.2, 0.25) is 0 Å². The Bertz CT molecular complexity index is 403. The van der Waals surface area contributed by atoms with Crippen molar-refractivity contribution in [2.75, 3.05) is 13.2 Å². The second kappa shape index (κ2) is 7.36. The SMILES string of the molecule is CC(C)COc1ccc(C=CCN=[N+]=[N-])cc1. The standard InChI is InChI=1S/C13H17N3O/c1-11(2)10-17-13-7-5-12(6-8-13)4-3-9-15-16-14/h3-8,11H,9-10H2,1-2H3. The third-order valence-corrected chi connectivity index (χ3v) is 2.02. The lowest BCUT2D eigenvalue weighted by Crippen LogP contribution is -2.04. The molecule has 0 spiro atoms. The fourth-order valence-corrected chi connectivity index (χ4v) is 1.21. The number of benzene rings is 1.